The normalized spacial score (nSPS) is 14.3. The molecule has 3 aromatic rings. The van der Waals surface area contributed by atoms with Gasteiger partial charge < -0.3 is 15.0 Å². The third-order valence-corrected chi connectivity index (χ3v) is 9.62. The summed E-state index contributed by atoms with van der Waals surface area (Å²) in [6.07, 6.45) is 4.50. The predicted molar refractivity (Wildman–Crippen MR) is 165 cm³/mol. The van der Waals surface area contributed by atoms with E-state index >= 15 is 0 Å². The SMILES string of the molecule is COc1ccc(C)cc1N(CC(=O)N(CCc1ccccc1)C(C)C(=O)NC1CCCC1)S(=O)(=O)c1ccc(C)cc1. The monoisotopic (exact) mass is 591 g/mol. The Hall–Kier alpha value is -3.85. The van der Waals surface area contributed by atoms with Crippen LogP contribution in [0.3, 0.4) is 0 Å². The number of hydrogen-bond acceptors (Lipinski definition) is 5. The Labute approximate surface area is 249 Å². The van der Waals surface area contributed by atoms with E-state index in [4.69, 9.17) is 4.74 Å². The number of carbonyl (C=O) groups excluding carboxylic acids is 2. The number of anilines is 1. The van der Waals surface area contributed by atoms with Gasteiger partial charge in [-0.15, -0.1) is 0 Å². The van der Waals surface area contributed by atoms with Crippen molar-refractivity contribution in [2.45, 2.75) is 69.9 Å². The molecule has 0 spiro atoms. The third kappa shape index (κ3) is 7.50. The van der Waals surface area contributed by atoms with Crippen LogP contribution in [-0.4, -0.2) is 57.4 Å². The molecule has 9 heteroatoms. The van der Waals surface area contributed by atoms with Gasteiger partial charge in [-0.25, -0.2) is 8.42 Å². The van der Waals surface area contributed by atoms with Crippen molar-refractivity contribution in [1.82, 2.24) is 10.2 Å². The first kappa shape index (κ1) is 31.1. The Balaban J connectivity index is 1.70. The molecule has 0 radical (unpaired) electrons. The minimum Gasteiger partial charge on any atom is -0.495 e. The first-order valence-electron chi connectivity index (χ1n) is 14.5. The Morgan fingerprint density at radius 1 is 0.952 bits per heavy atom. The van der Waals surface area contributed by atoms with Crippen LogP contribution in [0.2, 0.25) is 0 Å². The van der Waals surface area contributed by atoms with Crippen LogP contribution in [0.5, 0.6) is 5.75 Å². The fourth-order valence-electron chi connectivity index (χ4n) is 5.31. The van der Waals surface area contributed by atoms with Gasteiger partial charge >= 0.3 is 0 Å². The van der Waals surface area contributed by atoms with E-state index in [0.29, 0.717) is 12.2 Å². The van der Waals surface area contributed by atoms with Crippen LogP contribution in [0.15, 0.2) is 77.7 Å². The second-order valence-corrected chi connectivity index (χ2v) is 12.9. The number of nitrogens with one attached hydrogen (secondary N) is 1. The van der Waals surface area contributed by atoms with E-state index < -0.39 is 28.5 Å². The molecule has 0 aliphatic heterocycles. The molecular weight excluding hydrogens is 550 g/mol. The lowest BCUT2D eigenvalue weighted by atomic mass is 10.1. The first-order valence-corrected chi connectivity index (χ1v) is 15.9. The highest BCUT2D eigenvalue weighted by molar-refractivity contribution is 7.92. The summed E-state index contributed by atoms with van der Waals surface area (Å²) in [4.78, 5) is 29.1. The highest BCUT2D eigenvalue weighted by Gasteiger charge is 2.34. The largest absolute Gasteiger partial charge is 0.495 e. The number of methoxy groups -OCH3 is 1. The van der Waals surface area contributed by atoms with Gasteiger partial charge in [-0.05, 0) is 75.4 Å². The van der Waals surface area contributed by atoms with E-state index in [2.05, 4.69) is 5.32 Å². The minimum absolute atomic E-state index is 0.0623. The molecule has 0 bridgehead atoms. The number of rotatable bonds is 12. The van der Waals surface area contributed by atoms with Crippen molar-refractivity contribution in [3.63, 3.8) is 0 Å². The van der Waals surface area contributed by atoms with Crippen LogP contribution < -0.4 is 14.4 Å². The zero-order valence-electron chi connectivity index (χ0n) is 24.9. The van der Waals surface area contributed by atoms with Crippen LogP contribution in [0.25, 0.3) is 0 Å². The summed E-state index contributed by atoms with van der Waals surface area (Å²) < 4.78 is 34.9. The smallest absolute Gasteiger partial charge is 0.264 e. The summed E-state index contributed by atoms with van der Waals surface area (Å²) in [6.45, 7) is 5.20. The summed E-state index contributed by atoms with van der Waals surface area (Å²) in [6, 6.07) is 20.8. The molecule has 42 heavy (non-hydrogen) atoms. The van der Waals surface area contributed by atoms with Gasteiger partial charge in [0.2, 0.25) is 11.8 Å². The zero-order valence-corrected chi connectivity index (χ0v) is 25.7. The topological polar surface area (TPSA) is 96.0 Å². The summed E-state index contributed by atoms with van der Waals surface area (Å²) in [5, 5.41) is 3.10. The number of sulfonamides is 1. The summed E-state index contributed by atoms with van der Waals surface area (Å²) >= 11 is 0. The van der Waals surface area contributed by atoms with Gasteiger partial charge in [0.1, 0.15) is 18.3 Å². The molecule has 1 fully saturated rings. The van der Waals surface area contributed by atoms with Crippen molar-refractivity contribution in [2.75, 3.05) is 24.5 Å². The van der Waals surface area contributed by atoms with Gasteiger partial charge in [-0.1, -0.05) is 66.9 Å². The van der Waals surface area contributed by atoms with Crippen LogP contribution in [0.1, 0.15) is 49.3 Å². The van der Waals surface area contributed by atoms with E-state index in [-0.39, 0.29) is 29.1 Å². The molecule has 1 aliphatic rings. The van der Waals surface area contributed by atoms with Gasteiger partial charge in [0.15, 0.2) is 0 Å². The van der Waals surface area contributed by atoms with E-state index in [9.17, 15) is 18.0 Å². The number of nitrogens with zero attached hydrogens (tertiary/aromatic N) is 2. The number of ether oxygens (including phenoxy) is 1. The number of aryl methyl sites for hydroxylation is 2. The van der Waals surface area contributed by atoms with Crippen LogP contribution in [0.4, 0.5) is 5.69 Å². The summed E-state index contributed by atoms with van der Waals surface area (Å²) in [5.41, 5.74) is 3.01. The highest BCUT2D eigenvalue weighted by atomic mass is 32.2. The van der Waals surface area contributed by atoms with Gasteiger partial charge in [0, 0.05) is 12.6 Å². The Kier molecular flexibility index (Phi) is 10.3. The lowest BCUT2D eigenvalue weighted by molar-refractivity contribution is -0.139. The number of benzene rings is 3. The van der Waals surface area contributed by atoms with Gasteiger partial charge in [-0.2, -0.15) is 0 Å². The molecule has 1 unspecified atom stereocenters. The molecular formula is C33H41N3O5S. The Bertz CT molecular complexity index is 1470. The number of hydrogen-bond donors (Lipinski definition) is 1. The molecule has 0 heterocycles. The molecule has 4 rings (SSSR count). The minimum atomic E-state index is -4.18. The summed E-state index contributed by atoms with van der Waals surface area (Å²) in [7, 11) is -2.71. The second-order valence-electron chi connectivity index (χ2n) is 11.0. The van der Waals surface area contributed by atoms with Crippen LogP contribution in [-0.2, 0) is 26.0 Å². The maximum absolute atomic E-state index is 14.1. The van der Waals surface area contributed by atoms with E-state index in [1.54, 1.807) is 31.2 Å². The van der Waals surface area contributed by atoms with E-state index in [1.807, 2.05) is 50.2 Å². The van der Waals surface area contributed by atoms with Crippen molar-refractivity contribution >= 4 is 27.5 Å². The third-order valence-electron chi connectivity index (χ3n) is 7.84. The molecule has 0 aromatic heterocycles. The molecule has 1 atom stereocenters. The van der Waals surface area contributed by atoms with Crippen molar-refractivity contribution in [1.29, 1.82) is 0 Å². The molecule has 0 saturated heterocycles. The maximum atomic E-state index is 14.1. The zero-order chi connectivity index (χ0) is 30.3. The fraction of sp³-hybridized carbons (Fsp3) is 0.394. The van der Waals surface area contributed by atoms with Crippen molar-refractivity contribution in [3.05, 3.63) is 89.5 Å². The predicted octanol–water partition coefficient (Wildman–Crippen LogP) is 5.03. The average molecular weight is 592 g/mol. The Morgan fingerprint density at radius 3 is 2.24 bits per heavy atom. The van der Waals surface area contributed by atoms with Crippen molar-refractivity contribution in [3.8, 4) is 5.75 Å². The lowest BCUT2D eigenvalue weighted by Crippen LogP contribution is -2.53. The van der Waals surface area contributed by atoms with Crippen molar-refractivity contribution < 1.29 is 22.7 Å². The number of carbonyl (C=O) groups is 2. The quantitative estimate of drug-likeness (QED) is 0.319. The molecule has 8 nitrogen and oxygen atoms in total. The van der Waals surface area contributed by atoms with Gasteiger partial charge in [-0.3, -0.25) is 13.9 Å². The van der Waals surface area contributed by atoms with Crippen LogP contribution in [0, 0.1) is 13.8 Å². The second kappa shape index (κ2) is 13.9. The molecule has 3 aromatic carbocycles. The van der Waals surface area contributed by atoms with Crippen molar-refractivity contribution in [2.24, 2.45) is 0 Å². The molecule has 1 saturated carbocycles. The van der Waals surface area contributed by atoms with Crippen LogP contribution >= 0.6 is 0 Å². The molecule has 224 valence electrons. The summed E-state index contributed by atoms with van der Waals surface area (Å²) in [5.74, 6) is -0.379. The van der Waals surface area contributed by atoms with Gasteiger partial charge in [0.05, 0.1) is 17.7 Å². The highest BCUT2D eigenvalue weighted by Crippen LogP contribution is 2.34. The first-order chi connectivity index (χ1) is 20.1. The van der Waals surface area contributed by atoms with E-state index in [1.165, 1.54) is 24.1 Å². The fourth-order valence-corrected chi connectivity index (χ4v) is 6.72. The average Bonchev–Trinajstić information content (AvgIpc) is 3.49. The van der Waals surface area contributed by atoms with Gasteiger partial charge in [0.25, 0.3) is 10.0 Å². The molecule has 1 aliphatic carbocycles. The number of amides is 2. The van der Waals surface area contributed by atoms with E-state index in [0.717, 1.165) is 46.7 Å². The Morgan fingerprint density at radius 2 is 1.60 bits per heavy atom. The standard InChI is InChI=1S/C33H41N3O5S/c1-24-14-17-29(18-15-24)42(39,40)36(30-22-25(2)16-19-31(30)41-4)23-32(37)35(21-20-27-10-6-5-7-11-27)26(3)33(38)34-28-12-8-9-13-28/h5-7,10-11,14-19,22,26,28H,8-9,12-13,20-21,23H2,1-4H3,(H,34,38). The maximum Gasteiger partial charge on any atom is 0.264 e. The molecule has 2 amide bonds. The lowest BCUT2D eigenvalue weighted by Gasteiger charge is -2.33. The molecule has 1 N–H and O–H groups in total.